The summed E-state index contributed by atoms with van der Waals surface area (Å²) in [4.78, 5) is 12.3. The number of nitrogens with one attached hydrogen (secondary N) is 1. The van der Waals surface area contributed by atoms with Crippen LogP contribution in [-0.4, -0.2) is 26.6 Å². The normalized spacial score (nSPS) is 12.6. The molecule has 7 heteroatoms. The SMILES string of the molecule is C[C@H](C(=O)NCc1ccoc1)N(c1ccccc1)S(C)(=O)=O. The van der Waals surface area contributed by atoms with E-state index in [1.54, 1.807) is 43.3 Å². The van der Waals surface area contributed by atoms with Crippen LogP contribution < -0.4 is 9.62 Å². The van der Waals surface area contributed by atoms with E-state index in [4.69, 9.17) is 4.42 Å². The molecule has 0 fully saturated rings. The number of sulfonamides is 1. The third-order valence-corrected chi connectivity index (χ3v) is 4.39. The monoisotopic (exact) mass is 322 g/mol. The summed E-state index contributed by atoms with van der Waals surface area (Å²) in [5.41, 5.74) is 1.27. The molecule has 0 aliphatic heterocycles. The molecular formula is C15H18N2O4S. The Bertz CT molecular complexity index is 711. The molecule has 0 saturated heterocycles. The van der Waals surface area contributed by atoms with Crippen LogP contribution in [0.1, 0.15) is 12.5 Å². The van der Waals surface area contributed by atoms with Crippen LogP contribution in [0.4, 0.5) is 5.69 Å². The van der Waals surface area contributed by atoms with Crippen LogP contribution >= 0.6 is 0 Å². The predicted molar refractivity (Wildman–Crippen MR) is 83.8 cm³/mol. The largest absolute Gasteiger partial charge is 0.472 e. The molecule has 0 aliphatic rings. The highest BCUT2D eigenvalue weighted by Crippen LogP contribution is 2.20. The topological polar surface area (TPSA) is 79.6 Å². The summed E-state index contributed by atoms with van der Waals surface area (Å²) in [7, 11) is -3.58. The summed E-state index contributed by atoms with van der Waals surface area (Å²) in [6.45, 7) is 1.84. The van der Waals surface area contributed by atoms with Gasteiger partial charge in [0.15, 0.2) is 0 Å². The average molecular weight is 322 g/mol. The summed E-state index contributed by atoms with van der Waals surface area (Å²) in [5, 5.41) is 2.70. The van der Waals surface area contributed by atoms with Gasteiger partial charge in [-0.3, -0.25) is 9.10 Å². The molecular weight excluding hydrogens is 304 g/mol. The van der Waals surface area contributed by atoms with Gasteiger partial charge in [0.1, 0.15) is 6.04 Å². The first-order chi connectivity index (χ1) is 10.4. The lowest BCUT2D eigenvalue weighted by molar-refractivity contribution is -0.122. The second kappa shape index (κ2) is 6.65. The molecule has 0 radical (unpaired) electrons. The molecule has 2 aromatic rings. The number of benzene rings is 1. The predicted octanol–water partition coefficient (Wildman–Crippen LogP) is 1.75. The van der Waals surface area contributed by atoms with E-state index in [2.05, 4.69) is 5.32 Å². The van der Waals surface area contributed by atoms with Crippen molar-refractivity contribution in [3.63, 3.8) is 0 Å². The third-order valence-electron chi connectivity index (χ3n) is 3.15. The molecule has 0 saturated carbocycles. The first-order valence-electron chi connectivity index (χ1n) is 6.73. The van der Waals surface area contributed by atoms with Gasteiger partial charge in [-0.2, -0.15) is 0 Å². The van der Waals surface area contributed by atoms with Crippen LogP contribution in [0, 0.1) is 0 Å². The second-order valence-electron chi connectivity index (χ2n) is 4.92. The number of para-hydroxylation sites is 1. The summed E-state index contributed by atoms with van der Waals surface area (Å²) in [6.07, 6.45) is 4.12. The van der Waals surface area contributed by atoms with Crippen LogP contribution in [0.2, 0.25) is 0 Å². The molecule has 1 N–H and O–H groups in total. The molecule has 1 heterocycles. The minimum atomic E-state index is -3.58. The van der Waals surface area contributed by atoms with E-state index in [0.717, 1.165) is 16.1 Å². The van der Waals surface area contributed by atoms with Gasteiger partial charge in [0.25, 0.3) is 0 Å². The fourth-order valence-electron chi connectivity index (χ4n) is 2.11. The highest BCUT2D eigenvalue weighted by Gasteiger charge is 2.28. The summed E-state index contributed by atoms with van der Waals surface area (Å²) in [6, 6.07) is 9.42. The fraction of sp³-hybridized carbons (Fsp3) is 0.267. The molecule has 0 spiro atoms. The van der Waals surface area contributed by atoms with Crippen LogP contribution in [0.5, 0.6) is 0 Å². The van der Waals surface area contributed by atoms with E-state index < -0.39 is 16.1 Å². The van der Waals surface area contributed by atoms with Gasteiger partial charge in [-0.1, -0.05) is 18.2 Å². The number of carbonyl (C=O) groups excluding carboxylic acids is 1. The Morgan fingerprint density at radius 3 is 2.50 bits per heavy atom. The zero-order chi connectivity index (χ0) is 16.2. The fourth-order valence-corrected chi connectivity index (χ4v) is 3.29. The number of carbonyl (C=O) groups is 1. The number of hydrogen-bond donors (Lipinski definition) is 1. The highest BCUT2D eigenvalue weighted by molar-refractivity contribution is 7.92. The molecule has 1 atom stereocenters. The van der Waals surface area contributed by atoms with Gasteiger partial charge in [0.2, 0.25) is 15.9 Å². The molecule has 0 aliphatic carbocycles. The van der Waals surface area contributed by atoms with Crippen molar-refractivity contribution in [2.75, 3.05) is 10.6 Å². The molecule has 1 aromatic carbocycles. The van der Waals surface area contributed by atoms with Crippen molar-refractivity contribution in [1.82, 2.24) is 5.32 Å². The number of anilines is 1. The van der Waals surface area contributed by atoms with E-state index >= 15 is 0 Å². The molecule has 1 aromatic heterocycles. The lowest BCUT2D eigenvalue weighted by Crippen LogP contribution is -2.47. The standard InChI is InChI=1S/C15H18N2O4S/c1-12(15(18)16-10-13-8-9-21-11-13)17(22(2,19)20)14-6-4-3-5-7-14/h3-9,11-12H,10H2,1-2H3,(H,16,18)/t12-/m1/s1. The molecule has 22 heavy (non-hydrogen) atoms. The molecule has 1 amide bonds. The Balaban J connectivity index is 2.15. The second-order valence-corrected chi connectivity index (χ2v) is 6.78. The highest BCUT2D eigenvalue weighted by atomic mass is 32.2. The maximum absolute atomic E-state index is 12.3. The summed E-state index contributed by atoms with van der Waals surface area (Å²) in [5.74, 6) is -0.379. The Labute approximate surface area is 129 Å². The van der Waals surface area contributed by atoms with Crippen LogP contribution in [-0.2, 0) is 21.4 Å². The molecule has 118 valence electrons. The summed E-state index contributed by atoms with van der Waals surface area (Å²) >= 11 is 0. The minimum Gasteiger partial charge on any atom is -0.472 e. The van der Waals surface area contributed by atoms with Crippen molar-refractivity contribution in [3.05, 3.63) is 54.5 Å². The van der Waals surface area contributed by atoms with Gasteiger partial charge in [0, 0.05) is 12.1 Å². The van der Waals surface area contributed by atoms with Crippen molar-refractivity contribution in [3.8, 4) is 0 Å². The van der Waals surface area contributed by atoms with Crippen molar-refractivity contribution in [1.29, 1.82) is 0 Å². The van der Waals surface area contributed by atoms with E-state index in [-0.39, 0.29) is 12.5 Å². The Kier molecular flexibility index (Phi) is 4.87. The Morgan fingerprint density at radius 2 is 1.95 bits per heavy atom. The first kappa shape index (κ1) is 16.1. The first-order valence-corrected chi connectivity index (χ1v) is 8.57. The van der Waals surface area contributed by atoms with Crippen molar-refractivity contribution >= 4 is 21.6 Å². The zero-order valence-electron chi connectivity index (χ0n) is 12.4. The maximum Gasteiger partial charge on any atom is 0.243 e. The van der Waals surface area contributed by atoms with Gasteiger partial charge in [0.05, 0.1) is 24.5 Å². The number of furan rings is 1. The average Bonchev–Trinajstić information content (AvgIpc) is 2.97. The lowest BCUT2D eigenvalue weighted by atomic mass is 10.2. The quantitative estimate of drug-likeness (QED) is 0.879. The van der Waals surface area contributed by atoms with Gasteiger partial charge in [-0.25, -0.2) is 8.42 Å². The van der Waals surface area contributed by atoms with Gasteiger partial charge >= 0.3 is 0 Å². The third kappa shape index (κ3) is 3.88. The molecule has 0 unspecified atom stereocenters. The van der Waals surface area contributed by atoms with E-state index in [1.165, 1.54) is 12.5 Å². The van der Waals surface area contributed by atoms with Crippen molar-refractivity contribution in [2.45, 2.75) is 19.5 Å². The molecule has 0 bridgehead atoms. The number of hydrogen-bond acceptors (Lipinski definition) is 4. The van der Waals surface area contributed by atoms with Gasteiger partial charge < -0.3 is 9.73 Å². The zero-order valence-corrected chi connectivity index (χ0v) is 13.2. The van der Waals surface area contributed by atoms with Crippen LogP contribution in [0.25, 0.3) is 0 Å². The minimum absolute atomic E-state index is 0.284. The number of nitrogens with zero attached hydrogens (tertiary/aromatic N) is 1. The van der Waals surface area contributed by atoms with Gasteiger partial charge in [-0.15, -0.1) is 0 Å². The maximum atomic E-state index is 12.3. The smallest absolute Gasteiger partial charge is 0.243 e. The molecule has 6 nitrogen and oxygen atoms in total. The molecule has 2 rings (SSSR count). The van der Waals surface area contributed by atoms with E-state index in [9.17, 15) is 13.2 Å². The number of rotatable bonds is 6. The van der Waals surface area contributed by atoms with E-state index in [0.29, 0.717) is 5.69 Å². The van der Waals surface area contributed by atoms with E-state index in [1.807, 2.05) is 0 Å². The van der Waals surface area contributed by atoms with Gasteiger partial charge in [-0.05, 0) is 25.1 Å². The van der Waals surface area contributed by atoms with Crippen molar-refractivity contribution < 1.29 is 17.6 Å². The van der Waals surface area contributed by atoms with Crippen molar-refractivity contribution in [2.24, 2.45) is 0 Å². The van der Waals surface area contributed by atoms with Crippen LogP contribution in [0.3, 0.4) is 0 Å². The Morgan fingerprint density at radius 1 is 1.27 bits per heavy atom. The summed E-state index contributed by atoms with van der Waals surface area (Å²) < 4.78 is 30.1. The lowest BCUT2D eigenvalue weighted by Gasteiger charge is -2.28. The Hall–Kier alpha value is -2.28. The number of amides is 1. The van der Waals surface area contributed by atoms with Crippen LogP contribution in [0.15, 0.2) is 53.3 Å².